The quantitative estimate of drug-likeness (QED) is 0.733. The lowest BCUT2D eigenvalue weighted by Gasteiger charge is -2.20. The van der Waals surface area contributed by atoms with Gasteiger partial charge in [0.05, 0.1) is 12.5 Å². The van der Waals surface area contributed by atoms with Crippen LogP contribution in [0.4, 0.5) is 0 Å². The van der Waals surface area contributed by atoms with Crippen molar-refractivity contribution in [1.29, 1.82) is 0 Å². The Morgan fingerprint density at radius 2 is 1.75 bits per heavy atom. The summed E-state index contributed by atoms with van der Waals surface area (Å²) in [7, 11) is 0. The van der Waals surface area contributed by atoms with Crippen LogP contribution in [-0.2, 0) is 19.1 Å². The molecule has 0 amide bonds. The van der Waals surface area contributed by atoms with Crippen molar-refractivity contribution in [1.82, 2.24) is 0 Å². The highest BCUT2D eigenvalue weighted by atomic mass is 16.6. The molecule has 5 heteroatoms. The van der Waals surface area contributed by atoms with Gasteiger partial charge >= 0.3 is 11.9 Å². The summed E-state index contributed by atoms with van der Waals surface area (Å²) in [5.74, 6) is -1.43. The Balaban J connectivity index is 4.09. The minimum Gasteiger partial charge on any atom is -0.461 e. The van der Waals surface area contributed by atoms with Gasteiger partial charge in [0.1, 0.15) is 5.60 Å². The van der Waals surface area contributed by atoms with Crippen LogP contribution in [0.2, 0.25) is 0 Å². The van der Waals surface area contributed by atoms with E-state index >= 15 is 0 Å². The van der Waals surface area contributed by atoms with Crippen LogP contribution in [0.15, 0.2) is 0 Å². The molecule has 0 aromatic heterocycles. The summed E-state index contributed by atoms with van der Waals surface area (Å²) in [5, 5.41) is 9.36. The number of carbonyl (C=O) groups is 2. The zero-order valence-electron chi connectivity index (χ0n) is 10.4. The van der Waals surface area contributed by atoms with Gasteiger partial charge in [-0.1, -0.05) is 0 Å². The highest BCUT2D eigenvalue weighted by Crippen LogP contribution is 2.10. The van der Waals surface area contributed by atoms with Crippen molar-refractivity contribution in [3.05, 3.63) is 0 Å². The van der Waals surface area contributed by atoms with Gasteiger partial charge < -0.3 is 14.6 Å². The Kier molecular flexibility index (Phi) is 5.44. The van der Waals surface area contributed by atoms with E-state index in [-0.39, 0.29) is 12.5 Å². The average molecular weight is 232 g/mol. The Hall–Kier alpha value is -1.10. The first-order chi connectivity index (χ1) is 7.11. The highest BCUT2D eigenvalue weighted by Gasteiger charge is 2.24. The van der Waals surface area contributed by atoms with Gasteiger partial charge in [0.25, 0.3) is 0 Å². The van der Waals surface area contributed by atoms with Crippen molar-refractivity contribution < 1.29 is 24.2 Å². The molecule has 5 nitrogen and oxygen atoms in total. The molecule has 0 spiro atoms. The minimum absolute atomic E-state index is 0.319. The van der Waals surface area contributed by atoms with Crippen LogP contribution in [0.5, 0.6) is 0 Å². The first-order valence-electron chi connectivity index (χ1n) is 5.22. The van der Waals surface area contributed by atoms with Crippen LogP contribution in [-0.4, -0.2) is 34.9 Å². The van der Waals surface area contributed by atoms with Crippen molar-refractivity contribution in [3.8, 4) is 0 Å². The maximum Gasteiger partial charge on any atom is 0.335 e. The number of hydrogen-bond donors (Lipinski definition) is 1. The number of hydrogen-bond acceptors (Lipinski definition) is 5. The summed E-state index contributed by atoms with van der Waals surface area (Å²) in [6.45, 7) is 8.47. The molecule has 0 saturated carbocycles. The number of ether oxygens (including phenoxy) is 2. The molecule has 0 aliphatic rings. The zero-order valence-corrected chi connectivity index (χ0v) is 10.4. The molecule has 0 bridgehead atoms. The van der Waals surface area contributed by atoms with Gasteiger partial charge in [-0.2, -0.15) is 0 Å². The number of aliphatic hydroxyl groups excluding tert-OH is 1. The molecule has 1 N–H and O–H groups in total. The second-order valence-electron chi connectivity index (χ2n) is 4.79. The van der Waals surface area contributed by atoms with Crippen LogP contribution >= 0.6 is 0 Å². The van der Waals surface area contributed by atoms with Crippen molar-refractivity contribution in [2.24, 2.45) is 0 Å². The molecule has 94 valence electrons. The predicted molar refractivity (Wildman–Crippen MR) is 57.7 cm³/mol. The second-order valence-corrected chi connectivity index (χ2v) is 4.79. The largest absolute Gasteiger partial charge is 0.461 e. The molecule has 0 radical (unpaired) electrons. The first kappa shape index (κ1) is 14.9. The molecule has 0 aromatic rings. The Morgan fingerprint density at radius 3 is 2.12 bits per heavy atom. The van der Waals surface area contributed by atoms with Crippen molar-refractivity contribution in [2.75, 3.05) is 0 Å². The Labute approximate surface area is 95.7 Å². The van der Waals surface area contributed by atoms with Crippen molar-refractivity contribution in [3.63, 3.8) is 0 Å². The monoisotopic (exact) mass is 232 g/mol. The third-order valence-electron chi connectivity index (χ3n) is 1.40. The molecule has 0 unspecified atom stereocenters. The number of carbonyl (C=O) groups excluding carboxylic acids is 2. The van der Waals surface area contributed by atoms with E-state index in [1.165, 1.54) is 0 Å². The lowest BCUT2D eigenvalue weighted by atomic mass is 10.2. The van der Waals surface area contributed by atoms with Crippen molar-refractivity contribution >= 4 is 11.9 Å². The third kappa shape index (κ3) is 7.23. The van der Waals surface area contributed by atoms with E-state index in [0.717, 1.165) is 0 Å². The summed E-state index contributed by atoms with van der Waals surface area (Å²) in [6.07, 6.45) is -2.17. The van der Waals surface area contributed by atoms with E-state index in [2.05, 4.69) is 0 Å². The Morgan fingerprint density at radius 1 is 1.25 bits per heavy atom. The van der Waals surface area contributed by atoms with E-state index in [4.69, 9.17) is 9.47 Å². The molecule has 0 fully saturated rings. The van der Waals surface area contributed by atoms with E-state index < -0.39 is 23.6 Å². The minimum atomic E-state index is -1.46. The predicted octanol–water partition coefficient (Wildman–Crippen LogP) is 1.03. The number of rotatable bonds is 4. The molecular weight excluding hydrogens is 212 g/mol. The highest BCUT2D eigenvalue weighted by molar-refractivity contribution is 5.81. The summed E-state index contributed by atoms with van der Waals surface area (Å²) in [5.41, 5.74) is -0.626. The molecular formula is C11H20O5. The maximum absolute atomic E-state index is 11.3. The van der Waals surface area contributed by atoms with Crippen LogP contribution in [0.25, 0.3) is 0 Å². The normalized spacial score (nSPS) is 13.4. The van der Waals surface area contributed by atoms with Crippen molar-refractivity contribution in [2.45, 2.75) is 58.8 Å². The molecule has 0 heterocycles. The first-order valence-corrected chi connectivity index (χ1v) is 5.22. The Bertz CT molecular complexity index is 252. The van der Waals surface area contributed by atoms with E-state index in [0.29, 0.717) is 0 Å². The van der Waals surface area contributed by atoms with E-state index in [9.17, 15) is 14.7 Å². The summed E-state index contributed by atoms with van der Waals surface area (Å²) < 4.78 is 9.70. The van der Waals surface area contributed by atoms with Gasteiger partial charge in [-0.3, -0.25) is 4.79 Å². The van der Waals surface area contributed by atoms with Gasteiger partial charge in [0, 0.05) is 0 Å². The topological polar surface area (TPSA) is 72.8 Å². The molecule has 0 rings (SSSR count). The SMILES string of the molecule is CC(C)OC(=O)[C@@H](O)CC(=O)OC(C)(C)C. The second kappa shape index (κ2) is 5.84. The number of esters is 2. The maximum atomic E-state index is 11.3. The van der Waals surface area contributed by atoms with E-state index in [1.54, 1.807) is 34.6 Å². The lowest BCUT2D eigenvalue weighted by Crippen LogP contribution is -2.31. The fourth-order valence-electron chi connectivity index (χ4n) is 0.935. The van der Waals surface area contributed by atoms with Gasteiger partial charge in [-0.25, -0.2) is 4.79 Å². The number of aliphatic hydroxyl groups is 1. The van der Waals surface area contributed by atoms with Crippen LogP contribution in [0.3, 0.4) is 0 Å². The summed E-state index contributed by atoms with van der Waals surface area (Å²) in [4.78, 5) is 22.4. The fraction of sp³-hybridized carbons (Fsp3) is 0.818. The van der Waals surface area contributed by atoms with Crippen LogP contribution in [0.1, 0.15) is 41.0 Å². The third-order valence-corrected chi connectivity index (χ3v) is 1.40. The van der Waals surface area contributed by atoms with Crippen LogP contribution < -0.4 is 0 Å². The molecule has 0 aliphatic heterocycles. The van der Waals surface area contributed by atoms with Gasteiger partial charge in [0.2, 0.25) is 0 Å². The van der Waals surface area contributed by atoms with Gasteiger partial charge in [-0.05, 0) is 34.6 Å². The smallest absolute Gasteiger partial charge is 0.335 e. The summed E-state index contributed by atoms with van der Waals surface area (Å²) >= 11 is 0. The molecule has 16 heavy (non-hydrogen) atoms. The molecule has 0 aliphatic carbocycles. The van der Waals surface area contributed by atoms with E-state index in [1.807, 2.05) is 0 Å². The molecule has 0 saturated heterocycles. The standard InChI is InChI=1S/C11H20O5/c1-7(2)15-10(14)8(12)6-9(13)16-11(3,4)5/h7-8,12H,6H2,1-5H3/t8-/m0/s1. The fourth-order valence-corrected chi connectivity index (χ4v) is 0.935. The van der Waals surface area contributed by atoms with Gasteiger partial charge in [-0.15, -0.1) is 0 Å². The average Bonchev–Trinajstić information content (AvgIpc) is 1.98. The van der Waals surface area contributed by atoms with Crippen LogP contribution in [0, 0.1) is 0 Å². The van der Waals surface area contributed by atoms with Gasteiger partial charge in [0.15, 0.2) is 6.10 Å². The molecule has 0 aromatic carbocycles. The summed E-state index contributed by atoms with van der Waals surface area (Å²) in [6, 6.07) is 0. The zero-order chi connectivity index (χ0) is 12.9. The lowest BCUT2D eigenvalue weighted by molar-refractivity contribution is -0.167. The molecule has 1 atom stereocenters.